The topological polar surface area (TPSA) is 93.1 Å². The number of esters is 2. The lowest BCUT2D eigenvalue weighted by Crippen LogP contribution is -2.43. The van der Waals surface area contributed by atoms with Gasteiger partial charge in [0.15, 0.2) is 0 Å². The number of hydrogen-bond donors (Lipinski definition) is 2. The van der Waals surface area contributed by atoms with Gasteiger partial charge in [-0.1, -0.05) is 26.0 Å². The third kappa shape index (κ3) is 4.96. The van der Waals surface area contributed by atoms with E-state index in [1.165, 1.54) is 22.3 Å². The van der Waals surface area contributed by atoms with Crippen molar-refractivity contribution in [1.82, 2.24) is 0 Å². The largest absolute Gasteiger partial charge is 0.427 e. The predicted octanol–water partition coefficient (Wildman–Crippen LogP) is 7.41. The molecule has 0 saturated heterocycles. The van der Waals surface area contributed by atoms with Crippen LogP contribution in [0.2, 0.25) is 0 Å². The first kappa shape index (κ1) is 30.6. The normalized spacial score (nSPS) is 38.8. The van der Waals surface area contributed by atoms with Crippen LogP contribution in [0.4, 0.5) is 0 Å². The fourth-order valence-electron chi connectivity index (χ4n) is 11.8. The van der Waals surface area contributed by atoms with E-state index in [0.29, 0.717) is 47.0 Å². The molecule has 6 heteroatoms. The monoisotopic (exact) mass is 626 g/mol. The van der Waals surface area contributed by atoms with Crippen LogP contribution in [0.15, 0.2) is 36.4 Å². The summed E-state index contributed by atoms with van der Waals surface area (Å²) in [5, 5.41) is 21.3. The molecule has 6 aliphatic carbocycles. The van der Waals surface area contributed by atoms with Gasteiger partial charge in [-0.15, -0.1) is 0 Å². The van der Waals surface area contributed by atoms with Crippen LogP contribution in [0.5, 0.6) is 11.5 Å². The second-order valence-electron chi connectivity index (χ2n) is 16.3. The summed E-state index contributed by atoms with van der Waals surface area (Å²) >= 11 is 0. The summed E-state index contributed by atoms with van der Waals surface area (Å²) in [4.78, 5) is 25.5. The Morgan fingerprint density at radius 2 is 1.09 bits per heavy atom. The molecule has 0 spiro atoms. The molecule has 2 aromatic carbocycles. The van der Waals surface area contributed by atoms with Gasteiger partial charge >= 0.3 is 11.9 Å². The highest BCUT2D eigenvalue weighted by Gasteiger charge is 2.55. The first-order chi connectivity index (χ1) is 22.1. The van der Waals surface area contributed by atoms with Gasteiger partial charge in [0, 0.05) is 0 Å². The summed E-state index contributed by atoms with van der Waals surface area (Å²) in [6.45, 7) is 4.60. The molecular weight excluding hydrogens is 576 g/mol. The van der Waals surface area contributed by atoms with Gasteiger partial charge < -0.3 is 19.7 Å². The van der Waals surface area contributed by atoms with Crippen LogP contribution in [-0.2, 0) is 22.4 Å². The second kappa shape index (κ2) is 11.5. The molecule has 2 N–H and O–H groups in total. The highest BCUT2D eigenvalue weighted by molar-refractivity contribution is 5.80. The van der Waals surface area contributed by atoms with Crippen molar-refractivity contribution in [1.29, 1.82) is 0 Å². The van der Waals surface area contributed by atoms with E-state index >= 15 is 0 Å². The van der Waals surface area contributed by atoms with Crippen LogP contribution in [0.3, 0.4) is 0 Å². The molecule has 4 fully saturated rings. The fourth-order valence-corrected chi connectivity index (χ4v) is 11.8. The van der Waals surface area contributed by atoms with Crippen LogP contribution in [0.25, 0.3) is 0 Å². The number of benzene rings is 2. The minimum atomic E-state index is -0.420. The number of aryl methyl sites for hydroxylation is 2. The molecule has 2 aromatic rings. The first-order valence-corrected chi connectivity index (χ1v) is 18.2. The molecule has 6 unspecified atom stereocenters. The molecule has 8 rings (SSSR count). The van der Waals surface area contributed by atoms with Crippen molar-refractivity contribution < 1.29 is 29.3 Å². The predicted molar refractivity (Wildman–Crippen MR) is 175 cm³/mol. The number of aliphatic hydroxyl groups is 2. The van der Waals surface area contributed by atoms with E-state index in [9.17, 15) is 19.8 Å². The summed E-state index contributed by atoms with van der Waals surface area (Å²) in [6.07, 6.45) is 12.3. The minimum absolute atomic E-state index is 0.0239. The number of rotatable bonds is 5. The number of carbonyl (C=O) groups is 2. The molecule has 246 valence electrons. The van der Waals surface area contributed by atoms with Gasteiger partial charge in [0.1, 0.15) is 11.5 Å². The summed E-state index contributed by atoms with van der Waals surface area (Å²) in [7, 11) is 0. The Bertz CT molecular complexity index is 1420. The van der Waals surface area contributed by atoms with E-state index in [1.807, 2.05) is 24.3 Å². The molecule has 0 heterocycles. The summed E-state index contributed by atoms with van der Waals surface area (Å²) in [5.41, 5.74) is 5.46. The fraction of sp³-hybridized carbons (Fsp3) is 0.650. The summed E-state index contributed by atoms with van der Waals surface area (Å²) < 4.78 is 11.4. The van der Waals surface area contributed by atoms with E-state index in [4.69, 9.17) is 9.47 Å². The van der Waals surface area contributed by atoms with Gasteiger partial charge in [-0.2, -0.15) is 0 Å². The Labute approximate surface area is 273 Å². The molecule has 0 amide bonds. The third-order valence-corrected chi connectivity index (χ3v) is 14.3. The quantitative estimate of drug-likeness (QED) is 0.265. The molecule has 6 aliphatic rings. The maximum atomic E-state index is 12.7. The van der Waals surface area contributed by atoms with E-state index in [1.54, 1.807) is 0 Å². The average Bonchev–Trinajstić information content (AvgIpc) is 3.53. The number of aliphatic hydroxyl groups excluding tert-OH is 2. The Morgan fingerprint density at radius 3 is 1.52 bits per heavy atom. The van der Waals surface area contributed by atoms with Crippen molar-refractivity contribution in [3.05, 3.63) is 58.7 Å². The van der Waals surface area contributed by atoms with Crippen LogP contribution in [-0.4, -0.2) is 34.4 Å². The molecule has 0 bridgehead atoms. The van der Waals surface area contributed by atoms with Crippen molar-refractivity contribution in [2.45, 2.75) is 128 Å². The SMILES string of the molecule is C[C@]12CCC3c4ccc(OC(=O)CCC(=O)Oc5ccc6c(c5)CCC5C6CC[C@@]6(C)C5CC[C@@H]6O)cc4CCC3C1CC[C@@H]2O. The summed E-state index contributed by atoms with van der Waals surface area (Å²) in [6, 6.07) is 12.2. The van der Waals surface area contributed by atoms with Gasteiger partial charge in [0.05, 0.1) is 25.0 Å². The lowest BCUT2D eigenvalue weighted by atomic mass is 9.55. The third-order valence-electron chi connectivity index (χ3n) is 14.3. The Hall–Kier alpha value is -2.70. The van der Waals surface area contributed by atoms with E-state index in [2.05, 4.69) is 26.0 Å². The molecule has 46 heavy (non-hydrogen) atoms. The molecule has 0 aromatic heterocycles. The first-order valence-electron chi connectivity index (χ1n) is 18.2. The van der Waals surface area contributed by atoms with Crippen LogP contribution in [0, 0.1) is 34.5 Å². The molecular formula is C40H50O6. The van der Waals surface area contributed by atoms with Gasteiger partial charge in [-0.3, -0.25) is 9.59 Å². The van der Waals surface area contributed by atoms with Gasteiger partial charge in [0.25, 0.3) is 0 Å². The number of ether oxygens (including phenoxy) is 2. The van der Waals surface area contributed by atoms with Crippen molar-refractivity contribution >= 4 is 11.9 Å². The number of hydrogen-bond acceptors (Lipinski definition) is 6. The van der Waals surface area contributed by atoms with Gasteiger partial charge in [-0.25, -0.2) is 0 Å². The number of carbonyl (C=O) groups excluding carboxylic acids is 2. The highest BCUT2D eigenvalue weighted by Crippen LogP contribution is 2.62. The van der Waals surface area contributed by atoms with Crippen molar-refractivity contribution in [2.75, 3.05) is 0 Å². The lowest BCUT2D eigenvalue weighted by Gasteiger charge is -2.50. The van der Waals surface area contributed by atoms with Gasteiger partial charge in [-0.05, 0) is 170 Å². The van der Waals surface area contributed by atoms with Crippen molar-refractivity contribution in [3.63, 3.8) is 0 Å². The van der Waals surface area contributed by atoms with Crippen molar-refractivity contribution in [2.24, 2.45) is 34.5 Å². The van der Waals surface area contributed by atoms with Crippen LogP contribution >= 0.6 is 0 Å². The minimum Gasteiger partial charge on any atom is -0.427 e. The molecule has 4 saturated carbocycles. The molecule has 0 aliphatic heterocycles. The molecule has 0 radical (unpaired) electrons. The van der Waals surface area contributed by atoms with Gasteiger partial charge in [0.2, 0.25) is 0 Å². The summed E-state index contributed by atoms with van der Waals surface area (Å²) in [5.74, 6) is 3.75. The Balaban J connectivity index is 0.848. The molecule has 10 atom stereocenters. The standard InChI is InChI=1S/C40H50O6/c1-39-19-17-29-27-9-5-25(21-23(27)3-7-31(29)33(39)11-13-35(39)41)45-37(43)15-16-38(44)46-26-6-10-28-24(22-26)4-8-32-30(28)18-20-40(2)34(32)12-14-36(40)42/h5-6,9-10,21-22,29-36,41-42H,3-4,7-8,11-20H2,1-2H3/t29?,30?,31?,32?,33?,34?,35-,36-,39-,40-/m0/s1. The van der Waals surface area contributed by atoms with Crippen molar-refractivity contribution in [3.8, 4) is 11.5 Å². The van der Waals surface area contributed by atoms with E-state index in [-0.39, 0.29) is 35.9 Å². The smallest absolute Gasteiger partial charge is 0.311 e. The zero-order valence-electron chi connectivity index (χ0n) is 27.5. The maximum Gasteiger partial charge on any atom is 0.311 e. The van der Waals surface area contributed by atoms with Crippen LogP contribution in [0.1, 0.15) is 125 Å². The van der Waals surface area contributed by atoms with Crippen LogP contribution < -0.4 is 9.47 Å². The Morgan fingerprint density at radius 1 is 0.652 bits per heavy atom. The zero-order valence-corrected chi connectivity index (χ0v) is 27.5. The van der Waals surface area contributed by atoms with E-state index < -0.39 is 11.9 Å². The zero-order chi connectivity index (χ0) is 31.8. The second-order valence-corrected chi connectivity index (χ2v) is 16.3. The maximum absolute atomic E-state index is 12.7. The number of fused-ring (bicyclic) bond motifs is 10. The average molecular weight is 627 g/mol. The lowest BCUT2D eigenvalue weighted by molar-refractivity contribution is -0.140. The molecule has 6 nitrogen and oxygen atoms in total. The highest BCUT2D eigenvalue weighted by atomic mass is 16.5. The Kier molecular flexibility index (Phi) is 7.64. The van der Waals surface area contributed by atoms with E-state index in [0.717, 1.165) is 77.0 Å².